The third kappa shape index (κ3) is 31.3. The molecule has 0 unspecified atom stereocenters. The Morgan fingerprint density at radius 2 is 0.842 bits per heavy atom. The number of allylic oxidation sites excluding steroid dienone is 2. The van der Waals surface area contributed by atoms with Gasteiger partial charge in [-0.3, -0.25) is 58.5 Å². The summed E-state index contributed by atoms with van der Waals surface area (Å²) in [5.41, 5.74) is 5.82. The fourth-order valence-electron chi connectivity index (χ4n) is 13.9. The minimum absolute atomic E-state index is 0.0470. The number of esters is 2. The van der Waals surface area contributed by atoms with E-state index in [1.807, 2.05) is 48.2 Å². The molecule has 34 nitrogen and oxygen atoms in total. The number of aliphatic hydroxyl groups excluding tert-OH is 2. The van der Waals surface area contributed by atoms with E-state index in [9.17, 15) is 39.0 Å². The molecule has 2 aromatic carbocycles. The number of hydrogen-bond donors (Lipinski definition) is 2. The molecule has 6 aliphatic rings. The molecule has 2 aromatic heterocycles. The highest BCUT2D eigenvalue weighted by atomic mass is 16.6. The molecule has 10 rings (SSSR count). The molecular formula is C86H122N10O24. The Labute approximate surface area is 703 Å². The van der Waals surface area contributed by atoms with E-state index in [1.165, 1.54) is 25.4 Å². The van der Waals surface area contributed by atoms with Crippen molar-refractivity contribution in [2.75, 3.05) is 225 Å². The highest BCUT2D eigenvalue weighted by Crippen LogP contribution is 2.41. The normalized spacial score (nSPS) is 17.0. The Hall–Kier alpha value is -9.30. The third-order valence-electron chi connectivity index (χ3n) is 20.4. The molecule has 4 fully saturated rings. The number of hydrogen-bond acceptors (Lipinski definition) is 30. The van der Waals surface area contributed by atoms with Crippen molar-refractivity contribution in [2.45, 2.75) is 118 Å². The minimum atomic E-state index is -0.334. The van der Waals surface area contributed by atoms with Gasteiger partial charge < -0.3 is 106 Å². The number of rotatable bonds is 52. The van der Waals surface area contributed by atoms with Crippen LogP contribution in [0.4, 0.5) is 11.4 Å². The van der Waals surface area contributed by atoms with E-state index >= 15 is 0 Å². The molecule has 0 saturated carbocycles. The Balaban J connectivity index is 0.000000337. The van der Waals surface area contributed by atoms with Gasteiger partial charge in [-0.15, -0.1) is 0 Å². The molecule has 4 saturated heterocycles. The van der Waals surface area contributed by atoms with Gasteiger partial charge in [-0.25, -0.2) is 0 Å². The van der Waals surface area contributed by atoms with Gasteiger partial charge in [0.15, 0.2) is 23.0 Å². The molecule has 0 aliphatic carbocycles. The van der Waals surface area contributed by atoms with Crippen LogP contribution in [0.5, 0.6) is 34.5 Å². The Morgan fingerprint density at radius 3 is 1.22 bits per heavy atom. The average molecular weight is 1680 g/mol. The van der Waals surface area contributed by atoms with Gasteiger partial charge in [-0.1, -0.05) is 23.3 Å². The molecule has 2 N–H and O–H groups in total. The molecule has 4 aromatic rings. The largest absolute Gasteiger partial charge is 0.493 e. The number of morpholine rings is 2. The van der Waals surface area contributed by atoms with Crippen molar-refractivity contribution in [1.82, 2.24) is 39.4 Å². The molecule has 4 amide bonds. The average Bonchev–Trinajstić information content (AvgIpc) is 1.64. The van der Waals surface area contributed by atoms with Crippen molar-refractivity contribution in [2.24, 2.45) is 9.98 Å². The predicted molar refractivity (Wildman–Crippen MR) is 442 cm³/mol. The molecule has 8 heterocycles. The van der Waals surface area contributed by atoms with Gasteiger partial charge in [0.1, 0.15) is 37.9 Å². The SMILES string of the molecule is C/C=C1\C[C@H]2C=Nc3cc(OCc4cc(OCCN(CCCC(=O)OCC)C(=O)CCOCCOCCOCCN5CCOCC5)cc(COc5cc6c(cc5OC)C(=O)N5C/C(=C/C)C[C@H]5C=N6)n4)c(OC)cc3C(=O)N2C1.CCOC(=O)CCCN(CCOc1cc(CO)nc(CO)c1)C(=O)CCOCCOCCOCCN1CCOCC1. The molecule has 0 bridgehead atoms. The van der Waals surface area contributed by atoms with Crippen LogP contribution in [0.15, 0.2) is 81.8 Å². The van der Waals surface area contributed by atoms with E-state index in [2.05, 4.69) is 14.8 Å². The second-order valence-electron chi connectivity index (χ2n) is 28.7. The van der Waals surface area contributed by atoms with Crippen LogP contribution in [0.1, 0.15) is 123 Å². The third-order valence-corrected chi connectivity index (χ3v) is 20.4. The molecule has 34 heteroatoms. The number of ether oxygens (including phenoxy) is 16. The van der Waals surface area contributed by atoms with Gasteiger partial charge >= 0.3 is 11.9 Å². The molecular weight excluding hydrogens is 1560 g/mol. The summed E-state index contributed by atoms with van der Waals surface area (Å²) in [7, 11) is 3.03. The van der Waals surface area contributed by atoms with Crippen molar-refractivity contribution in [3.05, 3.63) is 106 Å². The van der Waals surface area contributed by atoms with Gasteiger partial charge in [0, 0.05) is 127 Å². The van der Waals surface area contributed by atoms with Crippen LogP contribution in [-0.2, 0) is 93.0 Å². The summed E-state index contributed by atoms with van der Waals surface area (Å²) in [4.78, 5) is 108. The van der Waals surface area contributed by atoms with Crippen molar-refractivity contribution >= 4 is 59.4 Å². The standard InChI is InChI=1S/C58H75N7O14.C28H47N3O10/c1-6-40-26-44-34-59-49-32-53(51(70-4)30-47(49)57(68)64(44)36-40)78-38-42-28-46(29-43(61-42)39-79-54-33-50-48(31-52(54)71-5)58(69)65-37-41(7-2)27-45(65)35-60-50)77-21-16-63(12-9-10-56(67)76-8-3)55(66)11-17-72-22-24-75-25-23-74-20-15-62-13-18-73-19-14-62;1-2-40-28(35)4-3-6-31(10-15-41-26-20-24(22-32)29-25(21-26)23-33)27(34)5-11-36-16-18-39-19-17-38-14-9-30-7-12-37-13-8-30/h6-7,28-35,44-45H,8-27,36-39H2,1-5H3;20-21,32-33H,2-19,22-23H2,1H3/b40-6+,41-7+;/t44-,45-;/m0./s1. The maximum atomic E-state index is 13.8. The van der Waals surface area contributed by atoms with Crippen LogP contribution >= 0.6 is 0 Å². The first-order valence-electron chi connectivity index (χ1n) is 41.7. The Bertz CT molecular complexity index is 3850. The monoisotopic (exact) mass is 1680 g/mol. The number of methoxy groups -OCH3 is 2. The summed E-state index contributed by atoms with van der Waals surface area (Å²) < 4.78 is 91.1. The number of pyridine rings is 2. The molecule has 0 radical (unpaired) electrons. The van der Waals surface area contributed by atoms with Gasteiger partial charge in [-0.05, 0) is 65.5 Å². The highest BCUT2D eigenvalue weighted by molar-refractivity contribution is 6.05. The number of carbonyl (C=O) groups excluding carboxylic acids is 6. The van der Waals surface area contributed by atoms with E-state index in [-0.39, 0.29) is 139 Å². The zero-order chi connectivity index (χ0) is 85.1. The van der Waals surface area contributed by atoms with Crippen molar-refractivity contribution in [3.8, 4) is 34.5 Å². The second-order valence-corrected chi connectivity index (χ2v) is 28.7. The number of aliphatic hydroxyl groups is 2. The van der Waals surface area contributed by atoms with Crippen LogP contribution in [-0.4, -0.2) is 335 Å². The number of fused-ring (bicyclic) bond motifs is 4. The smallest absolute Gasteiger partial charge is 0.305 e. The fourth-order valence-corrected chi connectivity index (χ4v) is 13.9. The second kappa shape index (κ2) is 52.8. The predicted octanol–water partition coefficient (Wildman–Crippen LogP) is 6.72. The van der Waals surface area contributed by atoms with Crippen LogP contribution < -0.4 is 28.4 Å². The highest BCUT2D eigenvalue weighted by Gasteiger charge is 2.37. The lowest BCUT2D eigenvalue weighted by molar-refractivity contribution is -0.144. The summed E-state index contributed by atoms with van der Waals surface area (Å²) in [6.45, 7) is 23.6. The lowest BCUT2D eigenvalue weighted by Crippen LogP contribution is -2.38. The fraction of sp³-hybridized carbons (Fsp3) is 0.605. The van der Waals surface area contributed by atoms with Crippen LogP contribution in [0.2, 0.25) is 0 Å². The molecule has 660 valence electrons. The summed E-state index contributed by atoms with van der Waals surface area (Å²) in [6.07, 6.45) is 10.7. The lowest BCUT2D eigenvalue weighted by atomic mass is 10.1. The van der Waals surface area contributed by atoms with E-state index in [4.69, 9.17) is 90.8 Å². The van der Waals surface area contributed by atoms with Crippen molar-refractivity contribution < 1.29 is 115 Å². The topological polar surface area (TPSA) is 361 Å². The number of carbonyl (C=O) groups is 6. The lowest BCUT2D eigenvalue weighted by Gasteiger charge is -2.26. The zero-order valence-corrected chi connectivity index (χ0v) is 70.5. The summed E-state index contributed by atoms with van der Waals surface area (Å²) in [5, 5.41) is 18.7. The van der Waals surface area contributed by atoms with Crippen LogP contribution in [0.3, 0.4) is 0 Å². The quantitative estimate of drug-likeness (QED) is 0.0263. The van der Waals surface area contributed by atoms with Crippen LogP contribution in [0.25, 0.3) is 0 Å². The maximum absolute atomic E-state index is 13.8. The van der Waals surface area contributed by atoms with Gasteiger partial charge in [-0.2, -0.15) is 0 Å². The maximum Gasteiger partial charge on any atom is 0.305 e. The Kier molecular flexibility index (Phi) is 41.6. The molecule has 0 spiro atoms. The summed E-state index contributed by atoms with van der Waals surface area (Å²) in [5.74, 6) is 1.10. The van der Waals surface area contributed by atoms with Crippen molar-refractivity contribution in [1.29, 1.82) is 0 Å². The first-order chi connectivity index (χ1) is 58.6. The first kappa shape index (κ1) is 94.5. The van der Waals surface area contributed by atoms with E-state index in [0.29, 0.717) is 198 Å². The number of aromatic nitrogens is 2. The molecule has 120 heavy (non-hydrogen) atoms. The van der Waals surface area contributed by atoms with E-state index in [0.717, 1.165) is 78.5 Å². The minimum Gasteiger partial charge on any atom is -0.493 e. The van der Waals surface area contributed by atoms with E-state index in [1.54, 1.807) is 72.2 Å². The molecule has 2 atom stereocenters. The number of nitrogens with zero attached hydrogens (tertiary/aromatic N) is 10. The summed E-state index contributed by atoms with van der Waals surface area (Å²) in [6, 6.07) is 13.1. The zero-order valence-electron chi connectivity index (χ0n) is 70.5. The van der Waals surface area contributed by atoms with Gasteiger partial charge in [0.2, 0.25) is 11.8 Å². The van der Waals surface area contributed by atoms with Gasteiger partial charge in [0.25, 0.3) is 11.8 Å². The number of amides is 4. The summed E-state index contributed by atoms with van der Waals surface area (Å²) >= 11 is 0. The Morgan fingerprint density at radius 1 is 0.467 bits per heavy atom. The van der Waals surface area contributed by atoms with E-state index < -0.39 is 0 Å². The first-order valence-corrected chi connectivity index (χ1v) is 41.7. The number of aliphatic imine (C=N–C) groups is 2. The van der Waals surface area contributed by atoms with Crippen molar-refractivity contribution in [3.63, 3.8) is 0 Å². The van der Waals surface area contributed by atoms with Gasteiger partial charge in [0.05, 0.1) is 230 Å². The number of benzene rings is 2. The molecule has 6 aliphatic heterocycles. The van der Waals surface area contributed by atoms with Crippen LogP contribution in [0, 0.1) is 0 Å².